The molecule has 0 radical (unpaired) electrons. The van der Waals surface area contributed by atoms with E-state index >= 15 is 0 Å². The Morgan fingerprint density at radius 3 is 2.73 bits per heavy atom. The first-order chi connectivity index (χ1) is 7.25. The second-order valence-electron chi connectivity index (χ2n) is 4.42. The Bertz CT molecular complexity index is 318. The normalized spacial score (nSPS) is 19.3. The molecule has 2 rings (SSSR count). The lowest BCUT2D eigenvalue weighted by atomic mass is 10.1. The van der Waals surface area contributed by atoms with Crippen molar-refractivity contribution in [1.29, 1.82) is 0 Å². The molecule has 1 atom stereocenters. The molecule has 82 valence electrons. The first kappa shape index (κ1) is 11.0. The summed E-state index contributed by atoms with van der Waals surface area (Å²) in [5.74, 6) is 0. The van der Waals surface area contributed by atoms with Crippen molar-refractivity contribution in [2.24, 2.45) is 0 Å². The molecule has 1 aliphatic rings. The van der Waals surface area contributed by atoms with Gasteiger partial charge in [0.1, 0.15) is 0 Å². The minimum Gasteiger partial charge on any atom is -0.307 e. The van der Waals surface area contributed by atoms with E-state index in [1.807, 2.05) is 18.2 Å². The van der Waals surface area contributed by atoms with Crippen LogP contribution in [-0.2, 0) is 0 Å². The third kappa shape index (κ3) is 2.96. The topological polar surface area (TPSA) is 12.0 Å². The summed E-state index contributed by atoms with van der Waals surface area (Å²) in [5.41, 5.74) is 1.29. The Labute approximate surface area is 96.8 Å². The Balaban J connectivity index is 1.97. The Hall–Kier alpha value is -0.530. The lowest BCUT2D eigenvalue weighted by Crippen LogP contribution is -2.28. The number of hydrogen-bond acceptors (Lipinski definition) is 1. The zero-order valence-corrected chi connectivity index (χ0v) is 9.93. The second-order valence-corrected chi connectivity index (χ2v) is 4.86. The molecule has 1 aromatic rings. The molecule has 0 heterocycles. The van der Waals surface area contributed by atoms with Crippen LogP contribution in [0.5, 0.6) is 0 Å². The van der Waals surface area contributed by atoms with Crippen LogP contribution in [0.4, 0.5) is 0 Å². The molecular formula is C13H18ClN. The van der Waals surface area contributed by atoms with Gasteiger partial charge in [0, 0.05) is 17.1 Å². The Kier molecular flexibility index (Phi) is 3.66. The van der Waals surface area contributed by atoms with Crippen molar-refractivity contribution in [2.75, 3.05) is 0 Å². The standard InChI is InChI=1S/C13H18ClN/c1-10(15-13-7-2-3-8-13)11-5-4-6-12(14)9-11/h4-6,9-10,13,15H,2-3,7-8H2,1H3. The number of nitrogens with one attached hydrogen (secondary N) is 1. The summed E-state index contributed by atoms with van der Waals surface area (Å²) in [6.07, 6.45) is 5.40. The van der Waals surface area contributed by atoms with E-state index < -0.39 is 0 Å². The average Bonchev–Trinajstić information content (AvgIpc) is 2.70. The molecule has 0 spiro atoms. The third-order valence-electron chi connectivity index (χ3n) is 3.19. The molecule has 0 aliphatic heterocycles. The SMILES string of the molecule is CC(NC1CCCC1)c1cccc(Cl)c1. The summed E-state index contributed by atoms with van der Waals surface area (Å²) in [7, 11) is 0. The van der Waals surface area contributed by atoms with Gasteiger partial charge in [-0.3, -0.25) is 0 Å². The molecular weight excluding hydrogens is 206 g/mol. The van der Waals surface area contributed by atoms with Gasteiger partial charge in [0.2, 0.25) is 0 Å². The third-order valence-corrected chi connectivity index (χ3v) is 3.42. The molecule has 2 heteroatoms. The molecule has 0 aromatic heterocycles. The quantitative estimate of drug-likeness (QED) is 0.819. The molecule has 1 unspecified atom stereocenters. The molecule has 1 aromatic carbocycles. The van der Waals surface area contributed by atoms with Gasteiger partial charge in [-0.25, -0.2) is 0 Å². The van der Waals surface area contributed by atoms with Crippen LogP contribution in [0.2, 0.25) is 5.02 Å². The van der Waals surface area contributed by atoms with E-state index in [0.29, 0.717) is 12.1 Å². The molecule has 0 amide bonds. The summed E-state index contributed by atoms with van der Waals surface area (Å²) in [5, 5.41) is 4.49. The van der Waals surface area contributed by atoms with Crippen molar-refractivity contribution in [3.05, 3.63) is 34.9 Å². The molecule has 1 fully saturated rings. The predicted octanol–water partition coefficient (Wildman–Crippen LogP) is 3.93. The van der Waals surface area contributed by atoms with E-state index in [4.69, 9.17) is 11.6 Å². The Morgan fingerprint density at radius 1 is 1.33 bits per heavy atom. The fourth-order valence-corrected chi connectivity index (χ4v) is 2.52. The summed E-state index contributed by atoms with van der Waals surface area (Å²) in [6, 6.07) is 9.25. The molecule has 1 nitrogen and oxygen atoms in total. The van der Waals surface area contributed by atoms with Crippen molar-refractivity contribution in [1.82, 2.24) is 5.32 Å². The molecule has 1 aliphatic carbocycles. The monoisotopic (exact) mass is 223 g/mol. The van der Waals surface area contributed by atoms with Crippen molar-refractivity contribution in [3.8, 4) is 0 Å². The fourth-order valence-electron chi connectivity index (χ4n) is 2.32. The minimum atomic E-state index is 0.409. The van der Waals surface area contributed by atoms with Crippen LogP contribution in [0.1, 0.15) is 44.2 Å². The highest BCUT2D eigenvalue weighted by atomic mass is 35.5. The molecule has 15 heavy (non-hydrogen) atoms. The largest absolute Gasteiger partial charge is 0.307 e. The molecule has 1 saturated carbocycles. The van der Waals surface area contributed by atoms with E-state index in [1.165, 1.54) is 31.2 Å². The maximum absolute atomic E-state index is 5.98. The summed E-state index contributed by atoms with van der Waals surface area (Å²) < 4.78 is 0. The van der Waals surface area contributed by atoms with Gasteiger partial charge in [-0.05, 0) is 37.5 Å². The van der Waals surface area contributed by atoms with Crippen LogP contribution < -0.4 is 5.32 Å². The van der Waals surface area contributed by atoms with Gasteiger partial charge in [0.05, 0.1) is 0 Å². The maximum Gasteiger partial charge on any atom is 0.0409 e. The average molecular weight is 224 g/mol. The van der Waals surface area contributed by atoms with Crippen LogP contribution in [0, 0.1) is 0 Å². The number of rotatable bonds is 3. The van der Waals surface area contributed by atoms with Gasteiger partial charge >= 0.3 is 0 Å². The van der Waals surface area contributed by atoms with Crippen molar-refractivity contribution in [3.63, 3.8) is 0 Å². The van der Waals surface area contributed by atoms with Gasteiger partial charge in [-0.1, -0.05) is 36.6 Å². The van der Waals surface area contributed by atoms with Gasteiger partial charge in [-0.15, -0.1) is 0 Å². The Morgan fingerprint density at radius 2 is 2.07 bits per heavy atom. The number of halogens is 1. The smallest absolute Gasteiger partial charge is 0.0409 e. The van der Waals surface area contributed by atoms with Crippen molar-refractivity contribution in [2.45, 2.75) is 44.7 Å². The van der Waals surface area contributed by atoms with E-state index in [1.54, 1.807) is 0 Å². The number of benzene rings is 1. The van der Waals surface area contributed by atoms with E-state index in [-0.39, 0.29) is 0 Å². The second kappa shape index (κ2) is 5.00. The lowest BCUT2D eigenvalue weighted by Gasteiger charge is -2.19. The van der Waals surface area contributed by atoms with Crippen LogP contribution in [0.15, 0.2) is 24.3 Å². The summed E-state index contributed by atoms with van der Waals surface area (Å²) >= 11 is 5.98. The van der Waals surface area contributed by atoms with E-state index in [2.05, 4.69) is 18.3 Å². The fraction of sp³-hybridized carbons (Fsp3) is 0.538. The first-order valence-corrected chi connectivity index (χ1v) is 6.15. The minimum absolute atomic E-state index is 0.409. The van der Waals surface area contributed by atoms with Gasteiger partial charge in [-0.2, -0.15) is 0 Å². The van der Waals surface area contributed by atoms with Crippen molar-refractivity contribution < 1.29 is 0 Å². The zero-order chi connectivity index (χ0) is 10.7. The first-order valence-electron chi connectivity index (χ1n) is 5.77. The lowest BCUT2D eigenvalue weighted by molar-refractivity contribution is 0.461. The number of hydrogen-bond donors (Lipinski definition) is 1. The highest BCUT2D eigenvalue weighted by Crippen LogP contribution is 2.23. The van der Waals surface area contributed by atoms with E-state index in [0.717, 1.165) is 5.02 Å². The summed E-state index contributed by atoms with van der Waals surface area (Å²) in [6.45, 7) is 2.21. The molecule has 1 N–H and O–H groups in total. The van der Waals surface area contributed by atoms with Crippen LogP contribution in [0.25, 0.3) is 0 Å². The highest BCUT2D eigenvalue weighted by Gasteiger charge is 2.17. The van der Waals surface area contributed by atoms with Crippen LogP contribution >= 0.6 is 11.6 Å². The van der Waals surface area contributed by atoms with Gasteiger partial charge in [0.15, 0.2) is 0 Å². The van der Waals surface area contributed by atoms with Crippen LogP contribution in [-0.4, -0.2) is 6.04 Å². The van der Waals surface area contributed by atoms with Crippen molar-refractivity contribution >= 4 is 11.6 Å². The maximum atomic E-state index is 5.98. The van der Waals surface area contributed by atoms with Crippen LogP contribution in [0.3, 0.4) is 0 Å². The van der Waals surface area contributed by atoms with E-state index in [9.17, 15) is 0 Å². The van der Waals surface area contributed by atoms with Gasteiger partial charge in [0.25, 0.3) is 0 Å². The zero-order valence-electron chi connectivity index (χ0n) is 9.17. The summed E-state index contributed by atoms with van der Waals surface area (Å²) in [4.78, 5) is 0. The molecule has 0 saturated heterocycles. The predicted molar refractivity (Wildman–Crippen MR) is 65.3 cm³/mol. The molecule has 0 bridgehead atoms. The van der Waals surface area contributed by atoms with Gasteiger partial charge < -0.3 is 5.32 Å². The highest BCUT2D eigenvalue weighted by molar-refractivity contribution is 6.30.